The molecule has 1 unspecified atom stereocenters. The summed E-state index contributed by atoms with van der Waals surface area (Å²) in [7, 11) is 0. The van der Waals surface area contributed by atoms with Crippen LogP contribution in [0.5, 0.6) is 11.5 Å². The summed E-state index contributed by atoms with van der Waals surface area (Å²) in [5.41, 5.74) is 14.3. The second-order valence-electron chi connectivity index (χ2n) is 19.8. The van der Waals surface area contributed by atoms with Gasteiger partial charge in [0.05, 0.1) is 5.69 Å². The first-order valence-corrected chi connectivity index (χ1v) is 21.2. The number of aryl methyl sites for hydroxylation is 1. The third-order valence-corrected chi connectivity index (χ3v) is 12.7. The van der Waals surface area contributed by atoms with Crippen molar-refractivity contribution in [1.82, 2.24) is 18.7 Å². The Balaban J connectivity index is 0.00000476. The van der Waals surface area contributed by atoms with Gasteiger partial charge in [0.15, 0.2) is 12.4 Å². The number of hydrogen-bond donors (Lipinski definition) is 0. The average molecular weight is 981 g/mol. The molecule has 2 aliphatic rings. The normalized spacial score (nSPS) is 18.3. The van der Waals surface area contributed by atoms with Crippen LogP contribution in [0.25, 0.3) is 38.8 Å². The summed E-state index contributed by atoms with van der Waals surface area (Å²) in [5.74, 6) is 2.16. The maximum absolute atomic E-state index is 6.91. The smallest absolute Gasteiger partial charge is 0.225 e. The molecule has 310 valence electrons. The van der Waals surface area contributed by atoms with Crippen LogP contribution in [0.2, 0.25) is 0 Å². The standard InChI is InChI=1S/C55H53N4O.Pt/c1-36-16-15-21-50(52(36)37-22-24-38(25-23-37)53(2,3)4)59-35-58(59,48-19-13-14-20-49(48)59)41-30-40(55(8,9)10)31-43(33-41)60-42-26-27-45-44-17-11-12-18-46(44)57(47(45)34-42)51-32-39(28-29-56-51)54(5,6)7;/h11-32,35H,1-10H3;/q-1;/t58?,59-;/m1./s1. The van der Waals surface area contributed by atoms with Crippen LogP contribution in [0.1, 0.15) is 84.6 Å². The predicted molar refractivity (Wildman–Crippen MR) is 249 cm³/mol. The summed E-state index contributed by atoms with van der Waals surface area (Å²) in [6, 6.07) is 53.9. The Bertz CT molecular complexity index is 3020. The number of rotatable bonds is 6. The summed E-state index contributed by atoms with van der Waals surface area (Å²) in [6.07, 6.45) is 1.91. The summed E-state index contributed by atoms with van der Waals surface area (Å²) < 4.78 is 10.2. The fourth-order valence-corrected chi connectivity index (χ4v) is 9.35. The molecule has 0 radical (unpaired) electrons. The summed E-state index contributed by atoms with van der Waals surface area (Å²) in [6.45, 7) is 25.0. The monoisotopic (exact) mass is 980 g/mol. The maximum Gasteiger partial charge on any atom is 0.225 e. The molecule has 0 spiro atoms. The van der Waals surface area contributed by atoms with Gasteiger partial charge in [0.25, 0.3) is 0 Å². The molecular weight excluding hydrogens is 928 g/mol. The summed E-state index contributed by atoms with van der Waals surface area (Å²) in [5, 5.41) is 2.26. The van der Waals surface area contributed by atoms with Gasteiger partial charge in [-0.2, -0.15) is 10.7 Å². The fourth-order valence-electron chi connectivity index (χ4n) is 9.35. The van der Waals surface area contributed by atoms with E-state index in [0.717, 1.165) is 33.3 Å². The number of para-hydroxylation sites is 3. The minimum absolute atomic E-state index is 0. The number of ether oxygens (including phenoxy) is 1. The first-order chi connectivity index (χ1) is 28.5. The minimum atomic E-state index is -0.149. The van der Waals surface area contributed by atoms with Gasteiger partial charge in [-0.05, 0) is 69.0 Å². The van der Waals surface area contributed by atoms with Crippen LogP contribution in [0, 0.1) is 25.7 Å². The molecule has 0 saturated carbocycles. The first kappa shape index (κ1) is 41.1. The number of benzene rings is 6. The van der Waals surface area contributed by atoms with Crippen LogP contribution in [-0.2, 0) is 37.3 Å². The van der Waals surface area contributed by atoms with Crippen LogP contribution in [0.4, 0.5) is 22.7 Å². The zero-order chi connectivity index (χ0) is 42.0. The third kappa shape index (κ3) is 6.34. The van der Waals surface area contributed by atoms with Crippen LogP contribution in [0.3, 0.4) is 0 Å². The quantitative estimate of drug-likeness (QED) is 0.0943. The van der Waals surface area contributed by atoms with E-state index in [-0.39, 0.29) is 37.3 Å². The van der Waals surface area contributed by atoms with E-state index in [2.05, 4.69) is 214 Å². The molecule has 2 atom stereocenters. The SMILES string of the molecule is Cc1cccc([N@+]23[CH-][N+]2(c2[c-]c(Oc4[c-]c5c(cc4)c4ccccc4n5-c4cc(C(C)(C)C)ccn4)cc(C(C)(C)C)c2)c2ccccc23)c1-c1ccc(C(C)(C)C)cc1.[Pt]. The zero-order valence-electron chi connectivity index (χ0n) is 36.8. The van der Waals surface area contributed by atoms with Gasteiger partial charge in [-0.3, -0.25) is 0 Å². The molecular formula is C55H53N4OPt-. The van der Waals surface area contributed by atoms with Crippen LogP contribution in [0.15, 0.2) is 134 Å². The van der Waals surface area contributed by atoms with Gasteiger partial charge < -0.3 is 9.30 Å². The van der Waals surface area contributed by atoms with Crippen molar-refractivity contribution in [2.75, 3.05) is 0 Å². The van der Waals surface area contributed by atoms with Crippen molar-refractivity contribution in [1.29, 1.82) is 0 Å². The molecule has 0 amide bonds. The van der Waals surface area contributed by atoms with E-state index in [1.807, 2.05) is 12.3 Å². The molecule has 4 heterocycles. The predicted octanol–water partition coefficient (Wildman–Crippen LogP) is 14.8. The molecule has 1 fully saturated rings. The first-order valence-electron chi connectivity index (χ1n) is 21.2. The fraction of sp³-hybridized carbons (Fsp3) is 0.236. The molecule has 0 bridgehead atoms. The molecule has 61 heavy (non-hydrogen) atoms. The third-order valence-electron chi connectivity index (χ3n) is 12.7. The molecule has 1 saturated heterocycles. The van der Waals surface area contributed by atoms with Gasteiger partial charge in [-0.15, -0.1) is 35.2 Å². The molecule has 2 aliphatic heterocycles. The van der Waals surface area contributed by atoms with Crippen LogP contribution >= 0.6 is 0 Å². The van der Waals surface area contributed by atoms with E-state index in [0.29, 0.717) is 20.7 Å². The Kier molecular flexibility index (Phi) is 9.49. The number of hydrogen-bond acceptors (Lipinski definition) is 2. The van der Waals surface area contributed by atoms with Crippen molar-refractivity contribution < 1.29 is 25.8 Å². The van der Waals surface area contributed by atoms with Gasteiger partial charge in [0.1, 0.15) is 5.82 Å². The van der Waals surface area contributed by atoms with Crippen molar-refractivity contribution in [3.63, 3.8) is 0 Å². The summed E-state index contributed by atoms with van der Waals surface area (Å²) >= 11 is 0. The Morgan fingerprint density at radius 2 is 1.23 bits per heavy atom. The Labute approximate surface area is 375 Å². The van der Waals surface area contributed by atoms with Gasteiger partial charge >= 0.3 is 0 Å². The van der Waals surface area contributed by atoms with E-state index < -0.39 is 0 Å². The van der Waals surface area contributed by atoms with E-state index in [1.54, 1.807) is 0 Å². The topological polar surface area (TPSA) is 27.1 Å². The van der Waals surface area contributed by atoms with Gasteiger partial charge in [0.2, 0.25) is 11.4 Å². The Morgan fingerprint density at radius 1 is 0.574 bits per heavy atom. The second-order valence-corrected chi connectivity index (χ2v) is 19.8. The van der Waals surface area contributed by atoms with Crippen molar-refractivity contribution in [2.45, 2.75) is 85.5 Å². The minimum Gasteiger partial charge on any atom is -0.509 e. The van der Waals surface area contributed by atoms with Crippen molar-refractivity contribution in [3.05, 3.63) is 175 Å². The number of aromatic nitrogens is 2. The molecule has 6 heteroatoms. The van der Waals surface area contributed by atoms with Crippen molar-refractivity contribution >= 4 is 44.6 Å². The van der Waals surface area contributed by atoms with Gasteiger partial charge in [-0.25, -0.2) is 9.58 Å². The Hall–Kier alpha value is -5.32. The second kappa shape index (κ2) is 14.1. The molecule has 5 nitrogen and oxygen atoms in total. The van der Waals surface area contributed by atoms with Crippen LogP contribution in [-0.4, -0.2) is 9.55 Å². The van der Waals surface area contributed by atoms with E-state index in [9.17, 15) is 0 Å². The largest absolute Gasteiger partial charge is 0.509 e. The van der Waals surface area contributed by atoms with Crippen molar-refractivity contribution in [2.24, 2.45) is 0 Å². The molecule has 0 aliphatic carbocycles. The van der Waals surface area contributed by atoms with E-state index >= 15 is 0 Å². The maximum atomic E-state index is 6.91. The van der Waals surface area contributed by atoms with Crippen molar-refractivity contribution in [3.8, 4) is 28.4 Å². The average Bonchev–Trinajstić information content (AvgIpc) is 3.70. The molecule has 10 rings (SSSR count). The van der Waals surface area contributed by atoms with E-state index in [1.165, 1.54) is 50.4 Å². The van der Waals surface area contributed by atoms with E-state index in [4.69, 9.17) is 9.72 Å². The number of fused-ring (bicyclic) bond motifs is 7. The molecule has 0 N–H and O–H groups in total. The van der Waals surface area contributed by atoms with Gasteiger partial charge in [-0.1, -0.05) is 141 Å². The number of quaternary nitrogens is 2. The molecule has 6 aromatic carbocycles. The number of nitrogens with zero attached hydrogens (tertiary/aromatic N) is 4. The summed E-state index contributed by atoms with van der Waals surface area (Å²) in [4.78, 5) is 4.89. The van der Waals surface area contributed by atoms with Crippen LogP contribution < -0.4 is 13.9 Å². The molecule has 2 aromatic heterocycles. The Morgan fingerprint density at radius 3 is 1.93 bits per heavy atom. The molecule has 8 aromatic rings. The van der Waals surface area contributed by atoms with Gasteiger partial charge in [0, 0.05) is 68.0 Å². The zero-order valence-corrected chi connectivity index (χ0v) is 39.1. The number of pyridine rings is 1.